The Hall–Kier alpha value is -1.80. The number of ether oxygens (including phenoxy) is 1. The topological polar surface area (TPSA) is 21.3 Å². The quantitative estimate of drug-likeness (QED) is 0.829. The van der Waals surface area contributed by atoms with Gasteiger partial charge >= 0.3 is 0 Å². The molecule has 0 fully saturated rings. The van der Waals surface area contributed by atoms with Gasteiger partial charge in [0.15, 0.2) is 0 Å². The lowest BCUT2D eigenvalue weighted by atomic mass is 10.0. The van der Waals surface area contributed by atoms with E-state index in [2.05, 4.69) is 43.4 Å². The predicted molar refractivity (Wildman–Crippen MR) is 84.3 cm³/mol. The fourth-order valence-electron chi connectivity index (χ4n) is 2.30. The molecule has 2 aromatic carbocycles. The molecule has 1 atom stereocenters. The van der Waals surface area contributed by atoms with Gasteiger partial charge in [-0.25, -0.2) is 0 Å². The highest BCUT2D eigenvalue weighted by Crippen LogP contribution is 2.12. The van der Waals surface area contributed by atoms with Gasteiger partial charge in [0.25, 0.3) is 0 Å². The van der Waals surface area contributed by atoms with Gasteiger partial charge in [0.1, 0.15) is 12.4 Å². The van der Waals surface area contributed by atoms with Crippen LogP contribution in [0.5, 0.6) is 5.75 Å². The maximum absolute atomic E-state index is 5.87. The first-order chi connectivity index (χ1) is 9.79. The molecule has 2 heteroatoms. The molecule has 1 unspecified atom stereocenters. The van der Waals surface area contributed by atoms with E-state index < -0.39 is 0 Å². The van der Waals surface area contributed by atoms with Gasteiger partial charge in [-0.05, 0) is 43.1 Å². The molecule has 0 bridgehead atoms. The summed E-state index contributed by atoms with van der Waals surface area (Å²) in [5.74, 6) is 0.931. The third-order valence-electron chi connectivity index (χ3n) is 3.41. The maximum Gasteiger partial charge on any atom is 0.119 e. The molecule has 0 aromatic heterocycles. The van der Waals surface area contributed by atoms with Crippen molar-refractivity contribution in [1.82, 2.24) is 5.32 Å². The van der Waals surface area contributed by atoms with Crippen molar-refractivity contribution in [1.29, 1.82) is 0 Å². The van der Waals surface area contributed by atoms with Crippen LogP contribution in [0.3, 0.4) is 0 Å². The lowest BCUT2D eigenvalue weighted by molar-refractivity contribution is 0.264. The Morgan fingerprint density at radius 3 is 2.40 bits per heavy atom. The second kappa shape index (κ2) is 7.71. The summed E-state index contributed by atoms with van der Waals surface area (Å²) in [5.41, 5.74) is 2.73. The summed E-state index contributed by atoms with van der Waals surface area (Å²) in [5, 5.41) is 3.50. The Morgan fingerprint density at radius 1 is 1.00 bits per heavy atom. The molecule has 0 amide bonds. The Labute approximate surface area is 121 Å². The van der Waals surface area contributed by atoms with Gasteiger partial charge in [-0.3, -0.25) is 0 Å². The first kappa shape index (κ1) is 14.6. The van der Waals surface area contributed by atoms with Gasteiger partial charge < -0.3 is 10.1 Å². The first-order valence-electron chi connectivity index (χ1n) is 7.25. The van der Waals surface area contributed by atoms with E-state index in [1.807, 2.05) is 30.3 Å². The van der Waals surface area contributed by atoms with Gasteiger partial charge in [0, 0.05) is 6.04 Å². The monoisotopic (exact) mass is 269 g/mol. The van der Waals surface area contributed by atoms with E-state index in [0.29, 0.717) is 12.6 Å². The van der Waals surface area contributed by atoms with Crippen molar-refractivity contribution >= 4 is 0 Å². The maximum atomic E-state index is 5.87. The predicted octanol–water partition coefficient (Wildman–Crippen LogP) is 3.59. The minimum absolute atomic E-state index is 0.335. The summed E-state index contributed by atoms with van der Waals surface area (Å²) in [6.45, 7) is 5.94. The first-order valence-corrected chi connectivity index (χ1v) is 7.25. The Kier molecular flexibility index (Phi) is 5.63. The van der Waals surface area contributed by atoms with Crippen molar-refractivity contribution in [2.45, 2.75) is 26.3 Å². The molecule has 0 aliphatic carbocycles. The van der Waals surface area contributed by atoms with Crippen LogP contribution in [0.2, 0.25) is 0 Å². The number of hydrogen-bond donors (Lipinski definition) is 1. The summed E-state index contributed by atoms with van der Waals surface area (Å²) in [6, 6.07) is 18.9. The zero-order valence-electron chi connectivity index (χ0n) is 12.3. The zero-order valence-corrected chi connectivity index (χ0v) is 12.3. The highest BCUT2D eigenvalue weighted by Gasteiger charge is 2.10. The number of hydrogen-bond acceptors (Lipinski definition) is 2. The molecular weight excluding hydrogens is 246 g/mol. The molecule has 0 saturated heterocycles. The van der Waals surface area contributed by atoms with E-state index in [9.17, 15) is 0 Å². The molecule has 0 aliphatic rings. The molecule has 2 aromatic rings. The largest absolute Gasteiger partial charge is 0.492 e. The highest BCUT2D eigenvalue weighted by molar-refractivity contribution is 5.26. The van der Waals surface area contributed by atoms with E-state index in [1.165, 1.54) is 11.1 Å². The number of para-hydroxylation sites is 1. The van der Waals surface area contributed by atoms with Crippen LogP contribution in [0.25, 0.3) is 0 Å². The highest BCUT2D eigenvalue weighted by atomic mass is 16.5. The molecule has 106 valence electrons. The Morgan fingerprint density at radius 2 is 1.70 bits per heavy atom. The molecule has 1 N–H and O–H groups in total. The summed E-state index contributed by atoms with van der Waals surface area (Å²) in [7, 11) is 0. The number of rotatable bonds is 7. The van der Waals surface area contributed by atoms with Crippen molar-refractivity contribution in [2.24, 2.45) is 0 Å². The second-order valence-electron chi connectivity index (χ2n) is 5.01. The number of aryl methyl sites for hydroxylation is 1. The van der Waals surface area contributed by atoms with Crippen molar-refractivity contribution in [2.75, 3.05) is 13.2 Å². The minimum Gasteiger partial charge on any atom is -0.492 e. The van der Waals surface area contributed by atoms with Crippen LogP contribution in [0.1, 0.15) is 18.1 Å². The molecular formula is C18H23NO. The normalized spacial score (nSPS) is 12.1. The van der Waals surface area contributed by atoms with Crippen LogP contribution in [0.15, 0.2) is 54.6 Å². The molecule has 2 nitrogen and oxygen atoms in total. The van der Waals surface area contributed by atoms with Gasteiger partial charge in [-0.15, -0.1) is 0 Å². The second-order valence-corrected chi connectivity index (χ2v) is 5.01. The van der Waals surface area contributed by atoms with Crippen LogP contribution in [0, 0.1) is 6.92 Å². The van der Waals surface area contributed by atoms with Crippen LogP contribution in [-0.4, -0.2) is 19.2 Å². The summed E-state index contributed by atoms with van der Waals surface area (Å²) < 4.78 is 5.87. The van der Waals surface area contributed by atoms with E-state index in [0.717, 1.165) is 18.7 Å². The SMILES string of the molecule is CCNC(COc1ccccc1)Cc1ccccc1C. The summed E-state index contributed by atoms with van der Waals surface area (Å²) >= 11 is 0. The molecule has 0 heterocycles. The lowest BCUT2D eigenvalue weighted by Crippen LogP contribution is -2.36. The van der Waals surface area contributed by atoms with E-state index in [1.54, 1.807) is 0 Å². The molecule has 20 heavy (non-hydrogen) atoms. The van der Waals surface area contributed by atoms with Crippen molar-refractivity contribution in [3.8, 4) is 5.75 Å². The van der Waals surface area contributed by atoms with E-state index >= 15 is 0 Å². The van der Waals surface area contributed by atoms with Crippen molar-refractivity contribution < 1.29 is 4.74 Å². The zero-order chi connectivity index (χ0) is 14.2. The Balaban J connectivity index is 1.95. The van der Waals surface area contributed by atoms with Gasteiger partial charge in [-0.1, -0.05) is 49.4 Å². The smallest absolute Gasteiger partial charge is 0.119 e. The number of nitrogens with one attached hydrogen (secondary N) is 1. The number of likely N-dealkylation sites (N-methyl/N-ethyl adjacent to an activating group) is 1. The molecule has 0 saturated carbocycles. The van der Waals surface area contributed by atoms with E-state index in [4.69, 9.17) is 4.74 Å². The van der Waals surface area contributed by atoms with Crippen LogP contribution in [0.4, 0.5) is 0 Å². The van der Waals surface area contributed by atoms with Crippen molar-refractivity contribution in [3.05, 3.63) is 65.7 Å². The molecule has 0 aliphatic heterocycles. The third-order valence-corrected chi connectivity index (χ3v) is 3.41. The van der Waals surface area contributed by atoms with Crippen LogP contribution >= 0.6 is 0 Å². The van der Waals surface area contributed by atoms with Gasteiger partial charge in [0.05, 0.1) is 0 Å². The molecule has 2 rings (SSSR count). The standard InChI is InChI=1S/C18H23NO/c1-3-19-17(13-16-10-8-7-9-15(16)2)14-20-18-11-5-4-6-12-18/h4-12,17,19H,3,13-14H2,1-2H3. The molecule has 0 radical (unpaired) electrons. The average molecular weight is 269 g/mol. The lowest BCUT2D eigenvalue weighted by Gasteiger charge is -2.19. The fourth-order valence-corrected chi connectivity index (χ4v) is 2.30. The van der Waals surface area contributed by atoms with Gasteiger partial charge in [-0.2, -0.15) is 0 Å². The number of benzene rings is 2. The summed E-state index contributed by atoms with van der Waals surface area (Å²) in [4.78, 5) is 0. The minimum atomic E-state index is 0.335. The average Bonchev–Trinajstić information content (AvgIpc) is 2.48. The van der Waals surface area contributed by atoms with E-state index in [-0.39, 0.29) is 0 Å². The van der Waals surface area contributed by atoms with Crippen molar-refractivity contribution in [3.63, 3.8) is 0 Å². The third kappa shape index (κ3) is 4.39. The summed E-state index contributed by atoms with van der Waals surface area (Å²) in [6.07, 6.45) is 0.993. The molecule has 0 spiro atoms. The van der Waals surface area contributed by atoms with Crippen LogP contribution in [-0.2, 0) is 6.42 Å². The Bertz CT molecular complexity index is 510. The fraction of sp³-hybridized carbons (Fsp3) is 0.333. The van der Waals surface area contributed by atoms with Crippen LogP contribution < -0.4 is 10.1 Å². The van der Waals surface area contributed by atoms with Gasteiger partial charge in [0.2, 0.25) is 0 Å².